The molecule has 1 aliphatic rings. The van der Waals surface area contributed by atoms with Crippen LogP contribution in [0.25, 0.3) is 11.1 Å². The highest BCUT2D eigenvalue weighted by Gasteiger charge is 2.25. The number of ether oxygens (including phenoxy) is 3. The number of benzene rings is 2. The number of aromatic nitrogens is 1. The SMILES string of the molecule is CCCCCc1c(-c2ccc(C(=O)OC)cc2)c(C(N)=O)c(C)n1Cc1ccc2c(c1)OCO2. The average molecular weight is 463 g/mol. The Kier molecular flexibility index (Phi) is 6.91. The number of fused-ring (bicyclic) bond motifs is 1. The highest BCUT2D eigenvalue weighted by molar-refractivity contribution is 6.02. The summed E-state index contributed by atoms with van der Waals surface area (Å²) in [7, 11) is 1.35. The van der Waals surface area contributed by atoms with E-state index in [0.717, 1.165) is 65.3 Å². The van der Waals surface area contributed by atoms with Crippen molar-refractivity contribution in [3.63, 3.8) is 0 Å². The topological polar surface area (TPSA) is 92.8 Å². The Morgan fingerprint density at radius 3 is 2.47 bits per heavy atom. The summed E-state index contributed by atoms with van der Waals surface area (Å²) < 4.78 is 18.0. The van der Waals surface area contributed by atoms with Gasteiger partial charge in [0.05, 0.1) is 18.2 Å². The Hall–Kier alpha value is -3.74. The molecule has 2 aromatic carbocycles. The minimum absolute atomic E-state index is 0.223. The first kappa shape index (κ1) is 23.4. The van der Waals surface area contributed by atoms with E-state index in [-0.39, 0.29) is 6.79 Å². The van der Waals surface area contributed by atoms with Crippen LogP contribution in [-0.2, 0) is 17.7 Å². The van der Waals surface area contributed by atoms with Crippen LogP contribution in [0.1, 0.15) is 63.9 Å². The molecule has 0 unspecified atom stereocenters. The zero-order chi connectivity index (χ0) is 24.2. The fourth-order valence-electron chi connectivity index (χ4n) is 4.54. The molecule has 0 bridgehead atoms. The van der Waals surface area contributed by atoms with Gasteiger partial charge in [0.1, 0.15) is 0 Å². The molecular formula is C27H30N2O5. The molecule has 1 aliphatic heterocycles. The van der Waals surface area contributed by atoms with E-state index < -0.39 is 11.9 Å². The molecule has 34 heavy (non-hydrogen) atoms. The molecule has 7 heteroatoms. The molecule has 178 valence electrons. The second-order valence-corrected chi connectivity index (χ2v) is 8.45. The highest BCUT2D eigenvalue weighted by atomic mass is 16.7. The summed E-state index contributed by atoms with van der Waals surface area (Å²) in [5, 5.41) is 0. The maximum Gasteiger partial charge on any atom is 0.337 e. The van der Waals surface area contributed by atoms with Crippen LogP contribution in [0.15, 0.2) is 42.5 Å². The van der Waals surface area contributed by atoms with Gasteiger partial charge in [-0.3, -0.25) is 4.79 Å². The molecular weight excluding hydrogens is 432 g/mol. The minimum Gasteiger partial charge on any atom is -0.465 e. The van der Waals surface area contributed by atoms with Gasteiger partial charge < -0.3 is 24.5 Å². The average Bonchev–Trinajstić information content (AvgIpc) is 3.41. The number of rotatable bonds is 9. The van der Waals surface area contributed by atoms with Gasteiger partial charge in [-0.2, -0.15) is 0 Å². The zero-order valence-corrected chi connectivity index (χ0v) is 19.8. The highest BCUT2D eigenvalue weighted by Crippen LogP contribution is 2.36. The third-order valence-corrected chi connectivity index (χ3v) is 6.27. The number of carbonyl (C=O) groups excluding carboxylic acids is 2. The molecule has 0 fully saturated rings. The van der Waals surface area contributed by atoms with E-state index in [1.807, 2.05) is 37.3 Å². The molecule has 0 radical (unpaired) electrons. The summed E-state index contributed by atoms with van der Waals surface area (Å²) in [6.07, 6.45) is 3.97. The van der Waals surface area contributed by atoms with Crippen molar-refractivity contribution in [3.8, 4) is 22.6 Å². The molecule has 0 aliphatic carbocycles. The van der Waals surface area contributed by atoms with E-state index in [2.05, 4.69) is 11.5 Å². The Morgan fingerprint density at radius 1 is 1.06 bits per heavy atom. The molecule has 0 saturated carbocycles. The molecule has 2 heterocycles. The maximum atomic E-state index is 12.6. The smallest absolute Gasteiger partial charge is 0.337 e. The molecule has 2 N–H and O–H groups in total. The third-order valence-electron chi connectivity index (χ3n) is 6.27. The van der Waals surface area contributed by atoms with Crippen molar-refractivity contribution in [2.24, 2.45) is 5.73 Å². The van der Waals surface area contributed by atoms with Crippen LogP contribution in [0.2, 0.25) is 0 Å². The van der Waals surface area contributed by atoms with Gasteiger partial charge in [-0.05, 0) is 55.2 Å². The van der Waals surface area contributed by atoms with Gasteiger partial charge >= 0.3 is 5.97 Å². The van der Waals surface area contributed by atoms with Crippen molar-refractivity contribution in [2.75, 3.05) is 13.9 Å². The number of esters is 1. The number of nitrogens with zero attached hydrogens (tertiary/aromatic N) is 1. The fourth-order valence-corrected chi connectivity index (χ4v) is 4.54. The third kappa shape index (κ3) is 4.51. The first-order valence-electron chi connectivity index (χ1n) is 11.5. The predicted molar refractivity (Wildman–Crippen MR) is 129 cm³/mol. The summed E-state index contributed by atoms with van der Waals surface area (Å²) in [5.74, 6) is 0.594. The molecule has 1 amide bonds. The second-order valence-electron chi connectivity index (χ2n) is 8.45. The van der Waals surface area contributed by atoms with Crippen LogP contribution < -0.4 is 15.2 Å². The van der Waals surface area contributed by atoms with Crippen molar-refractivity contribution < 1.29 is 23.8 Å². The van der Waals surface area contributed by atoms with Crippen molar-refractivity contribution in [1.29, 1.82) is 0 Å². The second kappa shape index (κ2) is 10.0. The van der Waals surface area contributed by atoms with E-state index in [1.165, 1.54) is 7.11 Å². The van der Waals surface area contributed by atoms with Gasteiger partial charge in [0.2, 0.25) is 6.79 Å². The van der Waals surface area contributed by atoms with Crippen molar-refractivity contribution in [2.45, 2.75) is 46.1 Å². The predicted octanol–water partition coefficient (Wildman–Crippen LogP) is 4.86. The van der Waals surface area contributed by atoms with Crippen molar-refractivity contribution >= 4 is 11.9 Å². The summed E-state index contributed by atoms with van der Waals surface area (Å²) in [4.78, 5) is 24.5. The van der Waals surface area contributed by atoms with Crippen LogP contribution in [0.4, 0.5) is 0 Å². The number of unbranched alkanes of at least 4 members (excludes halogenated alkanes) is 2. The number of primary amides is 1. The van der Waals surface area contributed by atoms with Crippen LogP contribution in [0.3, 0.4) is 0 Å². The van der Waals surface area contributed by atoms with Gasteiger partial charge in [0, 0.05) is 23.5 Å². The first-order chi connectivity index (χ1) is 16.4. The Balaban J connectivity index is 1.82. The molecule has 0 atom stereocenters. The Bertz CT molecular complexity index is 1210. The van der Waals surface area contributed by atoms with E-state index in [9.17, 15) is 9.59 Å². The van der Waals surface area contributed by atoms with Gasteiger partial charge in [0.15, 0.2) is 11.5 Å². The zero-order valence-electron chi connectivity index (χ0n) is 19.8. The molecule has 0 spiro atoms. The number of methoxy groups -OCH3 is 1. The van der Waals surface area contributed by atoms with E-state index >= 15 is 0 Å². The lowest BCUT2D eigenvalue weighted by molar-refractivity contribution is 0.0600. The molecule has 7 nitrogen and oxygen atoms in total. The number of carbonyl (C=O) groups is 2. The maximum absolute atomic E-state index is 12.6. The largest absolute Gasteiger partial charge is 0.465 e. The molecule has 4 rings (SSSR count). The van der Waals surface area contributed by atoms with E-state index in [4.69, 9.17) is 19.9 Å². The van der Waals surface area contributed by atoms with E-state index in [0.29, 0.717) is 17.7 Å². The van der Waals surface area contributed by atoms with E-state index in [1.54, 1.807) is 12.1 Å². The fraction of sp³-hybridized carbons (Fsp3) is 0.333. The lowest BCUT2D eigenvalue weighted by Gasteiger charge is -2.14. The summed E-state index contributed by atoms with van der Waals surface area (Å²) >= 11 is 0. The van der Waals surface area contributed by atoms with Gasteiger partial charge in [-0.25, -0.2) is 4.79 Å². The first-order valence-corrected chi connectivity index (χ1v) is 11.5. The standard InChI is InChI=1S/C27H30N2O5/c1-4-5-6-7-21-25(19-9-11-20(12-10-19)27(31)32-3)24(26(28)30)17(2)29(21)15-18-8-13-22-23(14-18)34-16-33-22/h8-14H,4-7,15-16H2,1-3H3,(H2,28,30). The van der Waals surface area contributed by atoms with Gasteiger partial charge in [0.25, 0.3) is 5.91 Å². The Morgan fingerprint density at radius 2 is 1.79 bits per heavy atom. The van der Waals surface area contributed by atoms with Crippen LogP contribution in [0.5, 0.6) is 11.5 Å². The summed E-state index contributed by atoms with van der Waals surface area (Å²) in [5.41, 5.74) is 11.5. The Labute approximate surface area is 199 Å². The van der Waals surface area contributed by atoms with Crippen LogP contribution >= 0.6 is 0 Å². The van der Waals surface area contributed by atoms with Gasteiger partial charge in [-0.15, -0.1) is 0 Å². The lowest BCUT2D eigenvalue weighted by Crippen LogP contribution is -2.13. The normalized spacial score (nSPS) is 12.1. The monoisotopic (exact) mass is 462 g/mol. The quantitative estimate of drug-likeness (QED) is 0.362. The molecule has 1 aromatic heterocycles. The number of nitrogens with two attached hydrogens (primary N) is 1. The lowest BCUT2D eigenvalue weighted by atomic mass is 9.96. The summed E-state index contributed by atoms with van der Waals surface area (Å²) in [6, 6.07) is 13.0. The molecule has 0 saturated heterocycles. The summed E-state index contributed by atoms with van der Waals surface area (Å²) in [6.45, 7) is 4.90. The van der Waals surface area contributed by atoms with Gasteiger partial charge in [-0.1, -0.05) is 38.0 Å². The van der Waals surface area contributed by atoms with Crippen molar-refractivity contribution in [1.82, 2.24) is 4.57 Å². The number of hydrogen-bond donors (Lipinski definition) is 1. The van der Waals surface area contributed by atoms with Crippen LogP contribution in [0, 0.1) is 6.92 Å². The number of amides is 1. The van der Waals surface area contributed by atoms with Crippen molar-refractivity contribution in [3.05, 3.63) is 70.5 Å². The number of hydrogen-bond acceptors (Lipinski definition) is 5. The van der Waals surface area contributed by atoms with Crippen LogP contribution in [-0.4, -0.2) is 30.3 Å². The molecule has 3 aromatic rings. The minimum atomic E-state index is -0.467.